The maximum absolute atomic E-state index is 14.0. The van der Waals surface area contributed by atoms with Crippen LogP contribution in [0.2, 0.25) is 0 Å². The fourth-order valence-corrected chi connectivity index (χ4v) is 2.58. The summed E-state index contributed by atoms with van der Waals surface area (Å²) < 4.78 is 24.3. The van der Waals surface area contributed by atoms with E-state index in [9.17, 15) is 14.0 Å². The number of carbonyl (C=O) groups is 2. The number of halogens is 1. The van der Waals surface area contributed by atoms with E-state index in [0.29, 0.717) is 17.9 Å². The van der Waals surface area contributed by atoms with E-state index in [-0.39, 0.29) is 31.8 Å². The van der Waals surface area contributed by atoms with Gasteiger partial charge in [-0.15, -0.1) is 0 Å². The van der Waals surface area contributed by atoms with Crippen molar-refractivity contribution in [2.45, 2.75) is 24.9 Å². The number of methoxy groups -OCH3 is 2. The zero-order valence-corrected chi connectivity index (χ0v) is 13.2. The highest BCUT2D eigenvalue weighted by atomic mass is 19.1. The summed E-state index contributed by atoms with van der Waals surface area (Å²) in [7, 11) is 3.08. The molecule has 1 fully saturated rings. The second-order valence-electron chi connectivity index (χ2n) is 5.56. The Morgan fingerprint density at radius 1 is 1.26 bits per heavy atom. The van der Waals surface area contributed by atoms with Gasteiger partial charge in [-0.2, -0.15) is 0 Å². The van der Waals surface area contributed by atoms with Gasteiger partial charge in [-0.3, -0.25) is 4.79 Å². The molecular weight excluding hydrogens is 305 g/mol. The zero-order valence-electron chi connectivity index (χ0n) is 13.2. The third-order valence-corrected chi connectivity index (χ3v) is 3.99. The Kier molecular flexibility index (Phi) is 5.08. The second kappa shape index (κ2) is 6.85. The number of rotatable bonds is 6. The van der Waals surface area contributed by atoms with Crippen molar-refractivity contribution in [2.75, 3.05) is 27.3 Å². The molecule has 2 rings (SSSR count). The van der Waals surface area contributed by atoms with Crippen LogP contribution < -0.4 is 9.47 Å². The third-order valence-electron chi connectivity index (χ3n) is 3.99. The molecule has 0 bridgehead atoms. The van der Waals surface area contributed by atoms with Gasteiger partial charge in [-0.25, -0.2) is 9.18 Å². The largest absolute Gasteiger partial charge is 0.497 e. The van der Waals surface area contributed by atoms with Crippen LogP contribution >= 0.6 is 0 Å². The van der Waals surface area contributed by atoms with Crippen molar-refractivity contribution in [3.63, 3.8) is 0 Å². The van der Waals surface area contributed by atoms with Crippen molar-refractivity contribution in [3.05, 3.63) is 23.8 Å². The lowest BCUT2D eigenvalue weighted by Gasteiger charge is -2.18. The van der Waals surface area contributed by atoms with Crippen molar-refractivity contribution in [1.82, 2.24) is 4.90 Å². The topological polar surface area (TPSA) is 76.1 Å². The van der Waals surface area contributed by atoms with Gasteiger partial charge in [0.2, 0.25) is 11.6 Å². The predicted molar refractivity (Wildman–Crippen MR) is 80.5 cm³/mol. The molecule has 6 nitrogen and oxygen atoms in total. The molecule has 1 unspecified atom stereocenters. The van der Waals surface area contributed by atoms with Crippen LogP contribution in [-0.2, 0) is 16.0 Å². The van der Waals surface area contributed by atoms with E-state index in [1.165, 1.54) is 4.90 Å². The summed E-state index contributed by atoms with van der Waals surface area (Å²) in [6, 6.07) is 5.34. The molecule has 1 saturated heterocycles. The van der Waals surface area contributed by atoms with Crippen LogP contribution in [0.15, 0.2) is 18.2 Å². The number of carbonyl (C=O) groups excluding carboxylic acids is 1. The minimum Gasteiger partial charge on any atom is -0.497 e. The van der Waals surface area contributed by atoms with Gasteiger partial charge in [0.1, 0.15) is 11.5 Å². The number of aryl methyl sites for hydroxylation is 1. The van der Waals surface area contributed by atoms with E-state index >= 15 is 0 Å². The summed E-state index contributed by atoms with van der Waals surface area (Å²) in [5.74, 6) is -0.513. The monoisotopic (exact) mass is 325 g/mol. The molecule has 0 saturated carbocycles. The quantitative estimate of drug-likeness (QED) is 0.861. The molecule has 0 aliphatic carbocycles. The number of carboxylic acids is 1. The van der Waals surface area contributed by atoms with E-state index < -0.39 is 11.6 Å². The Balaban J connectivity index is 1.96. The summed E-state index contributed by atoms with van der Waals surface area (Å²) in [5.41, 5.74) is -1.46. The van der Waals surface area contributed by atoms with Gasteiger partial charge < -0.3 is 19.5 Å². The minimum absolute atomic E-state index is 0.128. The van der Waals surface area contributed by atoms with E-state index in [0.717, 1.165) is 5.56 Å². The van der Waals surface area contributed by atoms with Gasteiger partial charge in [0.25, 0.3) is 0 Å². The van der Waals surface area contributed by atoms with Crippen molar-refractivity contribution < 1.29 is 28.6 Å². The molecule has 7 heteroatoms. The number of benzene rings is 1. The summed E-state index contributed by atoms with van der Waals surface area (Å²) >= 11 is 0. The number of aliphatic carboxylic acids is 1. The maximum Gasteiger partial charge on any atom is 0.343 e. The Labute approximate surface area is 133 Å². The number of likely N-dealkylation sites (tertiary alicyclic amines) is 1. The first-order valence-corrected chi connectivity index (χ1v) is 7.30. The molecule has 1 atom stereocenters. The highest BCUT2D eigenvalue weighted by Gasteiger charge is 2.46. The predicted octanol–water partition coefficient (Wildman–Crippen LogP) is 1.66. The second-order valence-corrected chi connectivity index (χ2v) is 5.56. The van der Waals surface area contributed by atoms with Crippen molar-refractivity contribution in [2.24, 2.45) is 0 Å². The average Bonchev–Trinajstić information content (AvgIpc) is 2.96. The Morgan fingerprint density at radius 2 is 1.87 bits per heavy atom. The number of hydrogen-bond donors (Lipinski definition) is 1. The number of ether oxygens (including phenoxy) is 2. The molecule has 0 radical (unpaired) electrons. The first-order valence-electron chi connectivity index (χ1n) is 7.30. The molecule has 0 aromatic heterocycles. The first kappa shape index (κ1) is 17.1. The van der Waals surface area contributed by atoms with Crippen molar-refractivity contribution in [1.29, 1.82) is 0 Å². The van der Waals surface area contributed by atoms with Crippen LogP contribution in [0.5, 0.6) is 11.5 Å². The highest BCUT2D eigenvalue weighted by Crippen LogP contribution is 2.27. The number of nitrogens with zero attached hydrogens (tertiary/aromatic N) is 1. The summed E-state index contributed by atoms with van der Waals surface area (Å²) in [6.45, 7) is -0.258. The van der Waals surface area contributed by atoms with Crippen LogP contribution in [0.4, 0.5) is 4.39 Å². The molecule has 1 N–H and O–H groups in total. The maximum atomic E-state index is 14.0. The fourth-order valence-electron chi connectivity index (χ4n) is 2.58. The van der Waals surface area contributed by atoms with Gasteiger partial charge in [-0.1, -0.05) is 0 Å². The lowest BCUT2D eigenvalue weighted by Crippen LogP contribution is -2.38. The van der Waals surface area contributed by atoms with Gasteiger partial charge >= 0.3 is 5.97 Å². The van der Waals surface area contributed by atoms with E-state index in [4.69, 9.17) is 14.6 Å². The molecule has 1 amide bonds. The molecule has 0 spiro atoms. The lowest BCUT2D eigenvalue weighted by atomic mass is 10.1. The Morgan fingerprint density at radius 3 is 2.35 bits per heavy atom. The molecule has 1 aliphatic rings. The van der Waals surface area contributed by atoms with Crippen molar-refractivity contribution in [3.8, 4) is 11.5 Å². The first-order chi connectivity index (χ1) is 10.9. The molecule has 1 heterocycles. The third kappa shape index (κ3) is 3.91. The lowest BCUT2D eigenvalue weighted by molar-refractivity contribution is -0.150. The fraction of sp³-hybridized carbons (Fsp3) is 0.500. The standard InChI is InChI=1S/C16H20FNO5/c1-22-12-7-11(8-13(9-12)23-2)3-4-14(19)18-6-5-16(17,10-18)15(20)21/h7-9H,3-6,10H2,1-2H3,(H,20,21). The van der Waals surface area contributed by atoms with Crippen molar-refractivity contribution >= 4 is 11.9 Å². The normalized spacial score (nSPS) is 20.4. The Hall–Kier alpha value is -2.31. The summed E-state index contributed by atoms with van der Waals surface area (Å²) in [4.78, 5) is 24.3. The Bertz CT molecular complexity index is 584. The summed E-state index contributed by atoms with van der Waals surface area (Å²) in [6.07, 6.45) is 0.447. The smallest absolute Gasteiger partial charge is 0.343 e. The highest BCUT2D eigenvalue weighted by molar-refractivity contribution is 5.82. The summed E-state index contributed by atoms with van der Waals surface area (Å²) in [5, 5.41) is 8.85. The molecule has 1 aromatic rings. The average molecular weight is 325 g/mol. The van der Waals surface area contributed by atoms with Crippen LogP contribution in [-0.4, -0.2) is 54.9 Å². The van der Waals surface area contributed by atoms with Crippen LogP contribution in [0.1, 0.15) is 18.4 Å². The van der Waals surface area contributed by atoms with Gasteiger partial charge in [-0.05, 0) is 24.1 Å². The van der Waals surface area contributed by atoms with E-state index in [1.54, 1.807) is 32.4 Å². The molecule has 126 valence electrons. The van der Waals surface area contributed by atoms with E-state index in [1.807, 2.05) is 0 Å². The molecular formula is C16H20FNO5. The van der Waals surface area contributed by atoms with Gasteiger partial charge in [0, 0.05) is 25.5 Å². The van der Waals surface area contributed by atoms with E-state index in [2.05, 4.69) is 0 Å². The van der Waals surface area contributed by atoms with Crippen LogP contribution in [0.25, 0.3) is 0 Å². The number of hydrogen-bond acceptors (Lipinski definition) is 4. The zero-order chi connectivity index (χ0) is 17.0. The van der Waals surface area contributed by atoms with Crippen LogP contribution in [0.3, 0.4) is 0 Å². The molecule has 1 aliphatic heterocycles. The SMILES string of the molecule is COc1cc(CCC(=O)N2CCC(F)(C(=O)O)C2)cc(OC)c1. The number of carboxylic acid groups (broad SMARTS) is 1. The van der Waals surface area contributed by atoms with Gasteiger partial charge in [0.05, 0.1) is 20.8 Å². The van der Waals surface area contributed by atoms with Gasteiger partial charge in [0.15, 0.2) is 0 Å². The number of amides is 1. The molecule has 1 aromatic carbocycles. The minimum atomic E-state index is -2.32. The molecule has 23 heavy (non-hydrogen) atoms. The van der Waals surface area contributed by atoms with Crippen LogP contribution in [0, 0.1) is 0 Å². The number of alkyl halides is 1.